The second kappa shape index (κ2) is 6.53. The van der Waals surface area contributed by atoms with Crippen LogP contribution in [0.5, 0.6) is 0 Å². The molecule has 2 saturated heterocycles. The third-order valence-electron chi connectivity index (χ3n) is 5.69. The molecular weight excluding hydrogens is 266 g/mol. The van der Waals surface area contributed by atoms with Crippen molar-refractivity contribution in [3.63, 3.8) is 0 Å². The van der Waals surface area contributed by atoms with Crippen molar-refractivity contribution in [2.24, 2.45) is 11.7 Å². The molecule has 3 rings (SSSR count). The molecule has 3 unspecified atom stereocenters. The van der Waals surface area contributed by atoms with Crippen LogP contribution in [0, 0.1) is 5.92 Å². The Hall–Kier alpha value is -0.160. The molecule has 21 heavy (non-hydrogen) atoms. The van der Waals surface area contributed by atoms with E-state index in [1.807, 2.05) is 0 Å². The first-order valence-corrected chi connectivity index (χ1v) is 8.75. The molecule has 3 atom stereocenters. The van der Waals surface area contributed by atoms with E-state index in [0.717, 1.165) is 64.3 Å². The van der Waals surface area contributed by atoms with Gasteiger partial charge in [-0.1, -0.05) is 19.8 Å². The van der Waals surface area contributed by atoms with E-state index in [1.54, 1.807) is 0 Å². The van der Waals surface area contributed by atoms with Crippen molar-refractivity contribution in [2.75, 3.05) is 26.4 Å². The summed E-state index contributed by atoms with van der Waals surface area (Å²) < 4.78 is 18.2. The molecule has 3 aliphatic rings. The summed E-state index contributed by atoms with van der Waals surface area (Å²) in [5, 5.41) is 0. The molecule has 0 bridgehead atoms. The first-order valence-electron chi connectivity index (χ1n) is 8.75. The van der Waals surface area contributed by atoms with Crippen molar-refractivity contribution in [3.05, 3.63) is 0 Å². The van der Waals surface area contributed by atoms with E-state index < -0.39 is 0 Å². The van der Waals surface area contributed by atoms with Gasteiger partial charge in [0.15, 0.2) is 0 Å². The summed E-state index contributed by atoms with van der Waals surface area (Å²) in [5.74, 6) is 0.735. The van der Waals surface area contributed by atoms with Gasteiger partial charge in [0.2, 0.25) is 0 Å². The number of hydrogen-bond donors (Lipinski definition) is 1. The van der Waals surface area contributed by atoms with Gasteiger partial charge in [-0.3, -0.25) is 0 Å². The van der Waals surface area contributed by atoms with E-state index in [0.29, 0.717) is 12.6 Å². The van der Waals surface area contributed by atoms with E-state index in [-0.39, 0.29) is 11.2 Å². The summed E-state index contributed by atoms with van der Waals surface area (Å²) in [6, 6.07) is 0. The van der Waals surface area contributed by atoms with E-state index in [2.05, 4.69) is 6.92 Å². The lowest BCUT2D eigenvalue weighted by Gasteiger charge is -2.47. The van der Waals surface area contributed by atoms with Crippen molar-refractivity contribution < 1.29 is 14.2 Å². The van der Waals surface area contributed by atoms with Gasteiger partial charge in [0.25, 0.3) is 0 Å². The average Bonchev–Trinajstić information content (AvgIpc) is 2.48. The Bertz CT molecular complexity index is 337. The molecule has 0 aromatic heterocycles. The maximum Gasteiger partial charge on any atom is 0.0810 e. The molecule has 0 aromatic carbocycles. The molecule has 1 aliphatic carbocycles. The Morgan fingerprint density at radius 1 is 1.10 bits per heavy atom. The fourth-order valence-corrected chi connectivity index (χ4v) is 4.48. The Kier molecular flexibility index (Phi) is 4.89. The lowest BCUT2D eigenvalue weighted by Crippen LogP contribution is -2.52. The monoisotopic (exact) mass is 297 g/mol. The summed E-state index contributed by atoms with van der Waals surface area (Å²) in [6.45, 7) is 5.46. The summed E-state index contributed by atoms with van der Waals surface area (Å²) in [4.78, 5) is 0. The topological polar surface area (TPSA) is 53.7 Å². The highest BCUT2D eigenvalue weighted by Crippen LogP contribution is 2.40. The summed E-state index contributed by atoms with van der Waals surface area (Å²) in [5.41, 5.74) is 6.05. The van der Waals surface area contributed by atoms with E-state index >= 15 is 0 Å². The van der Waals surface area contributed by atoms with Gasteiger partial charge in [-0.2, -0.15) is 0 Å². The molecule has 2 N–H and O–H groups in total. The normalized spacial score (nSPS) is 40.3. The molecule has 1 spiro atoms. The molecule has 122 valence electrons. The fraction of sp³-hybridized carbons (Fsp3) is 1.00. The number of nitrogens with two attached hydrogens (primary N) is 1. The molecule has 2 heterocycles. The third-order valence-corrected chi connectivity index (χ3v) is 5.69. The summed E-state index contributed by atoms with van der Waals surface area (Å²) in [7, 11) is 0. The smallest absolute Gasteiger partial charge is 0.0810 e. The van der Waals surface area contributed by atoms with E-state index in [9.17, 15) is 0 Å². The van der Waals surface area contributed by atoms with Gasteiger partial charge in [-0.15, -0.1) is 0 Å². The van der Waals surface area contributed by atoms with Crippen LogP contribution in [0.3, 0.4) is 0 Å². The molecule has 2 aliphatic heterocycles. The highest BCUT2D eigenvalue weighted by atomic mass is 16.5. The minimum Gasteiger partial charge on any atom is -0.381 e. The van der Waals surface area contributed by atoms with Gasteiger partial charge in [0.05, 0.1) is 17.3 Å². The second-order valence-electron chi connectivity index (χ2n) is 7.47. The average molecular weight is 297 g/mol. The van der Waals surface area contributed by atoms with Crippen LogP contribution in [0.15, 0.2) is 0 Å². The van der Waals surface area contributed by atoms with Crippen LogP contribution in [-0.4, -0.2) is 43.7 Å². The standard InChI is InChI=1S/C17H31NO3/c1-14-3-2-5-17(11-14,13-18)21-15-4-8-20-16(12-15)6-9-19-10-7-16/h14-15H,2-13,18H2,1H3. The minimum absolute atomic E-state index is 0.0111. The summed E-state index contributed by atoms with van der Waals surface area (Å²) >= 11 is 0. The zero-order valence-corrected chi connectivity index (χ0v) is 13.4. The van der Waals surface area contributed by atoms with Gasteiger partial charge in [0.1, 0.15) is 0 Å². The third kappa shape index (κ3) is 3.61. The zero-order valence-electron chi connectivity index (χ0n) is 13.4. The molecule has 3 fully saturated rings. The Labute approximate surface area is 128 Å². The van der Waals surface area contributed by atoms with Crippen LogP contribution < -0.4 is 5.73 Å². The highest BCUT2D eigenvalue weighted by Gasteiger charge is 2.43. The zero-order chi connectivity index (χ0) is 14.8. The van der Waals surface area contributed by atoms with Crippen molar-refractivity contribution in [1.82, 2.24) is 0 Å². The molecule has 4 heteroatoms. The van der Waals surface area contributed by atoms with Crippen LogP contribution in [0.4, 0.5) is 0 Å². The second-order valence-corrected chi connectivity index (χ2v) is 7.47. The Balaban J connectivity index is 1.63. The first-order chi connectivity index (χ1) is 10.2. The Morgan fingerprint density at radius 2 is 1.90 bits per heavy atom. The van der Waals surface area contributed by atoms with Gasteiger partial charge in [0, 0.05) is 32.8 Å². The summed E-state index contributed by atoms with van der Waals surface area (Å²) in [6.07, 6.45) is 9.19. The largest absolute Gasteiger partial charge is 0.381 e. The van der Waals surface area contributed by atoms with Crippen molar-refractivity contribution >= 4 is 0 Å². The van der Waals surface area contributed by atoms with Gasteiger partial charge in [-0.25, -0.2) is 0 Å². The van der Waals surface area contributed by atoms with E-state index in [4.69, 9.17) is 19.9 Å². The molecular formula is C17H31NO3. The SMILES string of the molecule is CC1CCCC(CN)(OC2CCOC3(CCOCC3)C2)C1. The number of rotatable bonds is 3. The van der Waals surface area contributed by atoms with Crippen molar-refractivity contribution in [3.8, 4) is 0 Å². The first kappa shape index (κ1) is 15.7. The van der Waals surface area contributed by atoms with Crippen LogP contribution in [0.1, 0.15) is 58.3 Å². The molecule has 0 radical (unpaired) electrons. The number of ether oxygens (including phenoxy) is 3. The van der Waals surface area contributed by atoms with Gasteiger partial charge in [-0.05, 0) is 38.0 Å². The van der Waals surface area contributed by atoms with Crippen LogP contribution >= 0.6 is 0 Å². The number of hydrogen-bond acceptors (Lipinski definition) is 4. The molecule has 4 nitrogen and oxygen atoms in total. The molecule has 0 amide bonds. The highest BCUT2D eigenvalue weighted by molar-refractivity contribution is 4.94. The van der Waals surface area contributed by atoms with Crippen LogP contribution in [-0.2, 0) is 14.2 Å². The van der Waals surface area contributed by atoms with E-state index in [1.165, 1.54) is 12.8 Å². The predicted molar refractivity (Wildman–Crippen MR) is 82.3 cm³/mol. The maximum absolute atomic E-state index is 6.62. The maximum atomic E-state index is 6.62. The lowest BCUT2D eigenvalue weighted by molar-refractivity contribution is -0.202. The molecule has 0 aromatic rings. The van der Waals surface area contributed by atoms with Gasteiger partial charge >= 0.3 is 0 Å². The van der Waals surface area contributed by atoms with Crippen LogP contribution in [0.25, 0.3) is 0 Å². The van der Waals surface area contributed by atoms with Crippen molar-refractivity contribution in [2.45, 2.75) is 75.6 Å². The van der Waals surface area contributed by atoms with Gasteiger partial charge < -0.3 is 19.9 Å². The predicted octanol–water partition coefficient (Wildman–Crippen LogP) is 2.64. The van der Waals surface area contributed by atoms with Crippen molar-refractivity contribution in [1.29, 1.82) is 0 Å². The minimum atomic E-state index is -0.0774. The lowest BCUT2D eigenvalue weighted by atomic mass is 9.78. The molecule has 1 saturated carbocycles. The quantitative estimate of drug-likeness (QED) is 0.870. The fourth-order valence-electron chi connectivity index (χ4n) is 4.48. The Morgan fingerprint density at radius 3 is 2.62 bits per heavy atom. The van der Waals surface area contributed by atoms with Crippen LogP contribution in [0.2, 0.25) is 0 Å².